The van der Waals surface area contributed by atoms with Crippen LogP contribution in [0, 0.1) is 0 Å². The lowest BCUT2D eigenvalue weighted by Crippen LogP contribution is -2.50. The monoisotopic (exact) mass is 536 g/mol. The molecule has 2 aliphatic rings. The number of halogens is 2. The number of hydrogen-bond acceptors (Lipinski definition) is 6. The van der Waals surface area contributed by atoms with Gasteiger partial charge in [-0.15, -0.1) is 5.10 Å². The second-order valence-electron chi connectivity index (χ2n) is 6.43. The van der Waals surface area contributed by atoms with Crippen LogP contribution in [0.2, 0.25) is 0 Å². The molecular weight excluding hydrogens is 520 g/mol. The average molecular weight is 538 g/mol. The zero-order chi connectivity index (χ0) is 20.5. The number of carbonyl (C=O) groups is 1. The van der Waals surface area contributed by atoms with Crippen molar-refractivity contribution in [3.8, 4) is 5.75 Å². The van der Waals surface area contributed by atoms with Gasteiger partial charge in [-0.1, -0.05) is 52.8 Å². The lowest BCUT2D eigenvalue weighted by Gasteiger charge is -2.34. The smallest absolute Gasteiger partial charge is 0.276 e. The van der Waals surface area contributed by atoms with Gasteiger partial charge in [-0.3, -0.25) is 15.1 Å². The van der Waals surface area contributed by atoms with Gasteiger partial charge in [-0.2, -0.15) is 0 Å². The van der Waals surface area contributed by atoms with Gasteiger partial charge in [0.15, 0.2) is 11.3 Å². The van der Waals surface area contributed by atoms with Gasteiger partial charge in [0.2, 0.25) is 0 Å². The van der Waals surface area contributed by atoms with E-state index in [9.17, 15) is 4.79 Å². The molecule has 2 aromatic carbocycles. The molecule has 6 nitrogen and oxygen atoms in total. The Balaban J connectivity index is 1.96. The number of nitrogens with zero attached hydrogens (tertiary/aromatic N) is 3. The first-order valence-corrected chi connectivity index (χ1v) is 11.6. The third-order valence-corrected chi connectivity index (χ3v) is 6.59. The van der Waals surface area contributed by atoms with E-state index >= 15 is 0 Å². The maximum absolute atomic E-state index is 13.1. The van der Waals surface area contributed by atoms with Crippen molar-refractivity contribution in [3.63, 3.8) is 0 Å². The first-order valence-electron chi connectivity index (χ1n) is 9.05. The Morgan fingerprint density at radius 3 is 2.83 bits per heavy atom. The normalized spacial score (nSPS) is 17.7. The molecule has 1 amide bonds. The minimum absolute atomic E-state index is 0.181. The Bertz CT molecular complexity index is 1140. The lowest BCUT2D eigenvalue weighted by atomic mass is 10.1. The second kappa shape index (κ2) is 8.49. The molecule has 0 aromatic heterocycles. The molecule has 1 atom stereocenters. The van der Waals surface area contributed by atoms with Crippen LogP contribution in [-0.4, -0.2) is 28.9 Å². The fraction of sp³-hybridized carbons (Fsp3) is 0.250. The standard InChI is InChI=1S/C20H18Br2N4O2S/c1-3-8-29-20-24-19(27)16-12-6-4-5-7-15(12)23-18(26(16)25-20)13-9-11(21)10-14(22)17(13)28-2/h4-7,9-10,18H,3,8H2,1-2H3,(H,24,25,27). The number of nitrogens with one attached hydrogen (secondary N) is 1. The summed E-state index contributed by atoms with van der Waals surface area (Å²) >= 11 is 8.63. The van der Waals surface area contributed by atoms with E-state index in [2.05, 4.69) is 44.1 Å². The van der Waals surface area contributed by atoms with Crippen LogP contribution in [0.5, 0.6) is 5.75 Å². The quantitative estimate of drug-likeness (QED) is 0.648. The zero-order valence-corrected chi connectivity index (χ0v) is 19.8. The molecule has 0 radical (unpaired) electrons. The summed E-state index contributed by atoms with van der Waals surface area (Å²) in [5, 5.41) is 11.5. The van der Waals surface area contributed by atoms with Gasteiger partial charge in [-0.05, 0) is 40.5 Å². The highest BCUT2D eigenvalue weighted by molar-refractivity contribution is 9.11. The molecule has 1 unspecified atom stereocenters. The van der Waals surface area contributed by atoms with Crippen molar-refractivity contribution in [3.05, 3.63) is 61.5 Å². The summed E-state index contributed by atoms with van der Waals surface area (Å²) in [5.74, 6) is 1.34. The summed E-state index contributed by atoms with van der Waals surface area (Å²) in [5.41, 5.74) is 1.29. The molecular formula is C20H18Br2N4O2S. The minimum Gasteiger partial charge on any atom is -0.495 e. The van der Waals surface area contributed by atoms with Crippen molar-refractivity contribution in [2.75, 3.05) is 12.9 Å². The highest BCUT2D eigenvalue weighted by Crippen LogP contribution is 2.41. The predicted molar refractivity (Wildman–Crippen MR) is 122 cm³/mol. The first-order chi connectivity index (χ1) is 14.0. The highest BCUT2D eigenvalue weighted by Gasteiger charge is 2.36. The largest absolute Gasteiger partial charge is 0.495 e. The number of para-hydroxylation sites is 1. The summed E-state index contributed by atoms with van der Waals surface area (Å²) in [7, 11) is 1.62. The van der Waals surface area contributed by atoms with Crippen LogP contribution < -0.4 is 20.6 Å². The predicted octanol–water partition coefficient (Wildman–Crippen LogP) is 3.51. The molecule has 1 N–H and O–H groups in total. The molecule has 2 heterocycles. The fourth-order valence-electron chi connectivity index (χ4n) is 3.28. The van der Waals surface area contributed by atoms with E-state index in [-0.39, 0.29) is 5.91 Å². The molecule has 0 saturated carbocycles. The molecule has 0 aliphatic carbocycles. The summed E-state index contributed by atoms with van der Waals surface area (Å²) in [6.07, 6.45) is 0.450. The Morgan fingerprint density at radius 1 is 1.28 bits per heavy atom. The van der Waals surface area contributed by atoms with E-state index in [4.69, 9.17) is 14.8 Å². The number of rotatable bonds is 4. The van der Waals surface area contributed by atoms with Crippen LogP contribution in [0.4, 0.5) is 0 Å². The van der Waals surface area contributed by atoms with Gasteiger partial charge in [-0.25, -0.2) is 5.01 Å². The summed E-state index contributed by atoms with van der Waals surface area (Å²) in [6, 6.07) is 11.5. The Morgan fingerprint density at radius 2 is 2.07 bits per heavy atom. The molecule has 0 spiro atoms. The van der Waals surface area contributed by atoms with E-state index in [0.29, 0.717) is 16.6 Å². The van der Waals surface area contributed by atoms with Crippen LogP contribution in [0.25, 0.3) is 5.70 Å². The number of fused-ring (bicyclic) bond motifs is 2. The van der Waals surface area contributed by atoms with Gasteiger partial charge >= 0.3 is 0 Å². The highest BCUT2D eigenvalue weighted by atomic mass is 79.9. The van der Waals surface area contributed by atoms with Crippen molar-refractivity contribution in [1.29, 1.82) is 0 Å². The molecule has 4 rings (SSSR count). The number of ether oxygens (including phenoxy) is 1. The first kappa shape index (κ1) is 20.4. The van der Waals surface area contributed by atoms with Crippen LogP contribution >= 0.6 is 43.6 Å². The van der Waals surface area contributed by atoms with Crippen LogP contribution in [0.1, 0.15) is 25.1 Å². The Hall–Kier alpha value is -1.84. The maximum Gasteiger partial charge on any atom is 0.276 e. The van der Waals surface area contributed by atoms with Crippen LogP contribution in [0.15, 0.2) is 55.4 Å². The van der Waals surface area contributed by atoms with E-state index in [1.807, 2.05) is 36.4 Å². The number of amidine groups is 1. The zero-order valence-electron chi connectivity index (χ0n) is 15.8. The summed E-state index contributed by atoms with van der Waals surface area (Å²) in [6.45, 7) is 2.09. The fourth-order valence-corrected chi connectivity index (χ4v) is 5.41. The van der Waals surface area contributed by atoms with E-state index < -0.39 is 6.17 Å². The number of methoxy groups -OCH3 is 1. The van der Waals surface area contributed by atoms with Crippen molar-refractivity contribution in [2.24, 2.45) is 10.1 Å². The maximum atomic E-state index is 13.1. The summed E-state index contributed by atoms with van der Waals surface area (Å²) < 4.78 is 7.33. The number of carbonyl (C=O) groups excluding carboxylic acids is 1. The Labute approximate surface area is 189 Å². The van der Waals surface area contributed by atoms with E-state index in [0.717, 1.165) is 37.3 Å². The molecule has 0 bridgehead atoms. The number of thioether (sulfide) groups is 1. The molecule has 29 heavy (non-hydrogen) atoms. The van der Waals surface area contributed by atoms with Crippen LogP contribution in [0.3, 0.4) is 0 Å². The topological polar surface area (TPSA) is 66.3 Å². The number of amides is 1. The average Bonchev–Trinajstić information content (AvgIpc) is 2.70. The Kier molecular flexibility index (Phi) is 5.98. The third-order valence-electron chi connectivity index (χ3n) is 4.48. The molecule has 0 fully saturated rings. The van der Waals surface area contributed by atoms with Crippen molar-refractivity contribution < 1.29 is 9.53 Å². The van der Waals surface area contributed by atoms with Crippen molar-refractivity contribution >= 4 is 60.4 Å². The van der Waals surface area contributed by atoms with E-state index in [1.54, 1.807) is 12.1 Å². The summed E-state index contributed by atoms with van der Waals surface area (Å²) in [4.78, 5) is 18.0. The number of hydrogen-bond donors (Lipinski definition) is 1. The molecule has 2 aromatic rings. The van der Waals surface area contributed by atoms with E-state index in [1.165, 1.54) is 11.8 Å². The van der Waals surface area contributed by atoms with Gasteiger partial charge in [0.05, 0.1) is 16.9 Å². The third kappa shape index (κ3) is 3.83. The minimum atomic E-state index is -0.535. The van der Waals surface area contributed by atoms with Gasteiger partial charge in [0.25, 0.3) is 5.91 Å². The molecule has 9 heteroatoms. The van der Waals surface area contributed by atoms with Gasteiger partial charge in [0.1, 0.15) is 11.4 Å². The van der Waals surface area contributed by atoms with Gasteiger partial charge in [0, 0.05) is 21.0 Å². The van der Waals surface area contributed by atoms with Gasteiger partial charge < -0.3 is 4.74 Å². The number of benzene rings is 2. The van der Waals surface area contributed by atoms with Crippen LogP contribution in [-0.2, 0) is 4.79 Å². The molecule has 0 saturated heterocycles. The van der Waals surface area contributed by atoms with Crippen molar-refractivity contribution in [1.82, 2.24) is 10.3 Å². The second-order valence-corrected chi connectivity index (χ2v) is 9.28. The lowest BCUT2D eigenvalue weighted by molar-refractivity contribution is -0.116. The molecule has 2 aliphatic heterocycles. The SMILES string of the molecule is CCCSC1=NN2C(=c3ccccc3=NC2c2cc(Br)cc(Br)c2OC)C(=O)N1. The number of hydrazone groups is 1. The molecule has 150 valence electrons. The van der Waals surface area contributed by atoms with Crippen molar-refractivity contribution in [2.45, 2.75) is 19.5 Å².